The number of carbonyl (C=O) groups is 1. The molecule has 1 heterocycles. The van der Waals surface area contributed by atoms with Crippen molar-refractivity contribution in [1.82, 2.24) is 0 Å². The molecule has 0 aromatic rings. The molecule has 2 bridgehead atoms. The van der Waals surface area contributed by atoms with Crippen molar-refractivity contribution in [2.24, 2.45) is 11.3 Å². The summed E-state index contributed by atoms with van der Waals surface area (Å²) in [6.07, 6.45) is 8.73. The third kappa shape index (κ3) is 1.16. The van der Waals surface area contributed by atoms with Crippen LogP contribution < -0.4 is 0 Å². The van der Waals surface area contributed by atoms with Gasteiger partial charge in [-0.2, -0.15) is 0 Å². The maximum atomic E-state index is 11.8. The monoisotopic (exact) mass is 204 g/mol. The van der Waals surface area contributed by atoms with Gasteiger partial charge in [-0.05, 0) is 25.8 Å². The van der Waals surface area contributed by atoms with E-state index in [4.69, 9.17) is 11.2 Å². The molecule has 1 saturated carbocycles. The number of esters is 1. The number of hydrogen-bond donors (Lipinski definition) is 0. The van der Waals surface area contributed by atoms with Crippen molar-refractivity contribution in [3.63, 3.8) is 0 Å². The Labute approximate surface area is 90.7 Å². The highest BCUT2D eigenvalue weighted by atomic mass is 16.6. The zero-order valence-corrected chi connectivity index (χ0v) is 9.46. The zero-order valence-electron chi connectivity index (χ0n) is 9.46. The van der Waals surface area contributed by atoms with E-state index in [1.807, 2.05) is 6.92 Å². The van der Waals surface area contributed by atoms with Gasteiger partial charge in [0.15, 0.2) is 0 Å². The van der Waals surface area contributed by atoms with Gasteiger partial charge in [0.25, 0.3) is 0 Å². The van der Waals surface area contributed by atoms with E-state index in [2.05, 4.69) is 19.8 Å². The summed E-state index contributed by atoms with van der Waals surface area (Å²) in [5, 5.41) is 0. The highest BCUT2D eigenvalue weighted by Gasteiger charge is 2.59. The first kappa shape index (κ1) is 10.3. The Morgan fingerprint density at radius 3 is 2.80 bits per heavy atom. The first-order valence-electron chi connectivity index (χ1n) is 5.32. The molecule has 2 aliphatic rings. The average molecular weight is 204 g/mol. The van der Waals surface area contributed by atoms with E-state index in [9.17, 15) is 4.79 Å². The fourth-order valence-electron chi connectivity index (χ4n) is 2.85. The molecular weight excluding hydrogens is 188 g/mol. The largest absolute Gasteiger partial charge is 0.455 e. The van der Waals surface area contributed by atoms with Crippen molar-refractivity contribution in [2.75, 3.05) is 0 Å². The minimum absolute atomic E-state index is 0.0103. The molecule has 0 aromatic heterocycles. The van der Waals surface area contributed by atoms with Crippen LogP contribution in [0.2, 0.25) is 0 Å². The van der Waals surface area contributed by atoms with E-state index in [1.54, 1.807) is 6.08 Å². The fraction of sp³-hybridized carbons (Fsp3) is 0.615. The third-order valence-corrected chi connectivity index (χ3v) is 4.31. The summed E-state index contributed by atoms with van der Waals surface area (Å²) in [5.74, 6) is 2.46. The molecule has 2 nitrogen and oxygen atoms in total. The molecule has 0 radical (unpaired) electrons. The van der Waals surface area contributed by atoms with E-state index >= 15 is 0 Å². The van der Waals surface area contributed by atoms with Crippen molar-refractivity contribution in [3.05, 3.63) is 11.6 Å². The predicted octanol–water partition coefficient (Wildman–Crippen LogP) is 2.30. The molecule has 2 heteroatoms. The molecule has 2 fully saturated rings. The van der Waals surface area contributed by atoms with Crippen molar-refractivity contribution in [3.8, 4) is 12.3 Å². The Morgan fingerprint density at radius 2 is 2.20 bits per heavy atom. The molecule has 0 spiro atoms. The van der Waals surface area contributed by atoms with Gasteiger partial charge in [-0.15, -0.1) is 6.42 Å². The van der Waals surface area contributed by atoms with Crippen LogP contribution >= 0.6 is 0 Å². The van der Waals surface area contributed by atoms with Crippen LogP contribution in [-0.4, -0.2) is 11.6 Å². The maximum absolute atomic E-state index is 11.8. The summed E-state index contributed by atoms with van der Waals surface area (Å²) in [6, 6.07) is 0. The van der Waals surface area contributed by atoms with Gasteiger partial charge in [0, 0.05) is 16.9 Å². The van der Waals surface area contributed by atoms with Crippen LogP contribution in [0.25, 0.3) is 0 Å². The van der Waals surface area contributed by atoms with Crippen molar-refractivity contribution in [1.29, 1.82) is 0 Å². The first-order chi connectivity index (χ1) is 6.92. The van der Waals surface area contributed by atoms with Gasteiger partial charge in [0.2, 0.25) is 0 Å². The number of allylic oxidation sites excluding steroid dienone is 1. The Hall–Kier alpha value is -1.23. The standard InChI is InChI=1S/C13H16O2/c1-5-6-9-10-7-8-13(4,12(10,2)3)15-11(9)14/h1,6,10H,7-8H2,2-4H3/b9-6+/t10-,13-/m1/s1. The van der Waals surface area contributed by atoms with E-state index < -0.39 is 0 Å². The van der Waals surface area contributed by atoms with Crippen LogP contribution in [-0.2, 0) is 9.53 Å². The Morgan fingerprint density at radius 1 is 1.53 bits per heavy atom. The molecule has 1 aliphatic heterocycles. The zero-order chi connectivity index (χ0) is 11.3. The smallest absolute Gasteiger partial charge is 0.335 e. The van der Waals surface area contributed by atoms with Crippen LogP contribution in [0.1, 0.15) is 33.6 Å². The van der Waals surface area contributed by atoms with Gasteiger partial charge in [-0.25, -0.2) is 4.79 Å². The summed E-state index contributed by atoms with van der Waals surface area (Å²) in [4.78, 5) is 11.8. The van der Waals surface area contributed by atoms with Gasteiger partial charge in [0.1, 0.15) is 5.60 Å². The second kappa shape index (κ2) is 2.88. The second-order valence-corrected chi connectivity index (χ2v) is 5.20. The molecule has 2 atom stereocenters. The Kier molecular flexibility index (Phi) is 1.98. The molecule has 1 saturated heterocycles. The van der Waals surface area contributed by atoms with Gasteiger partial charge in [-0.1, -0.05) is 19.8 Å². The van der Waals surface area contributed by atoms with Crippen LogP contribution in [0, 0.1) is 23.7 Å². The van der Waals surface area contributed by atoms with Crippen molar-refractivity contribution in [2.45, 2.75) is 39.2 Å². The number of hydrogen-bond acceptors (Lipinski definition) is 2. The molecule has 80 valence electrons. The molecule has 15 heavy (non-hydrogen) atoms. The summed E-state index contributed by atoms with van der Waals surface area (Å²) in [7, 11) is 0. The van der Waals surface area contributed by atoms with E-state index in [-0.39, 0.29) is 22.9 Å². The average Bonchev–Trinajstić information content (AvgIpc) is 2.30. The van der Waals surface area contributed by atoms with Crippen molar-refractivity contribution < 1.29 is 9.53 Å². The van der Waals surface area contributed by atoms with Crippen LogP contribution in [0.3, 0.4) is 0 Å². The number of ether oxygens (including phenoxy) is 1. The van der Waals surface area contributed by atoms with Crippen LogP contribution in [0.4, 0.5) is 0 Å². The van der Waals surface area contributed by atoms with Gasteiger partial charge in [0.05, 0.1) is 0 Å². The molecule has 0 amide bonds. The molecule has 2 rings (SSSR count). The minimum atomic E-state index is -0.319. The normalized spacial score (nSPS) is 40.0. The number of terminal acetylenes is 1. The Bertz CT molecular complexity index is 384. The predicted molar refractivity (Wildman–Crippen MR) is 57.9 cm³/mol. The lowest BCUT2D eigenvalue weighted by atomic mass is 9.68. The number of carbonyl (C=O) groups excluding carboxylic acids is 1. The highest BCUT2D eigenvalue weighted by Crippen LogP contribution is 2.58. The minimum Gasteiger partial charge on any atom is -0.455 e. The van der Waals surface area contributed by atoms with E-state index in [1.165, 1.54) is 0 Å². The van der Waals surface area contributed by atoms with Crippen molar-refractivity contribution >= 4 is 5.97 Å². The van der Waals surface area contributed by atoms with Gasteiger partial charge in [-0.3, -0.25) is 0 Å². The Balaban J connectivity index is 2.49. The van der Waals surface area contributed by atoms with Gasteiger partial charge < -0.3 is 4.74 Å². The molecule has 1 aliphatic carbocycles. The summed E-state index contributed by atoms with van der Waals surface area (Å²) >= 11 is 0. The first-order valence-corrected chi connectivity index (χ1v) is 5.32. The number of fused-ring (bicyclic) bond motifs is 2. The lowest BCUT2D eigenvalue weighted by Gasteiger charge is -2.45. The molecule has 0 N–H and O–H groups in total. The lowest BCUT2D eigenvalue weighted by molar-refractivity contribution is -0.172. The summed E-state index contributed by atoms with van der Waals surface area (Å²) < 4.78 is 5.54. The lowest BCUT2D eigenvalue weighted by Crippen LogP contribution is -2.49. The third-order valence-electron chi connectivity index (χ3n) is 4.31. The fourth-order valence-corrected chi connectivity index (χ4v) is 2.85. The second-order valence-electron chi connectivity index (χ2n) is 5.20. The summed E-state index contributed by atoms with van der Waals surface area (Å²) in [5.41, 5.74) is 0.349. The topological polar surface area (TPSA) is 26.3 Å². The highest BCUT2D eigenvalue weighted by molar-refractivity contribution is 5.91. The van der Waals surface area contributed by atoms with E-state index in [0.29, 0.717) is 5.57 Å². The SMILES string of the molecule is C#C/C=C1/C(=O)O[C@]2(C)CC[C@H]1C2(C)C. The van der Waals surface area contributed by atoms with Gasteiger partial charge >= 0.3 is 5.97 Å². The number of rotatable bonds is 0. The van der Waals surface area contributed by atoms with Crippen LogP contribution in [0.15, 0.2) is 11.6 Å². The maximum Gasteiger partial charge on any atom is 0.335 e. The molecular formula is C13H16O2. The van der Waals surface area contributed by atoms with Crippen LogP contribution in [0.5, 0.6) is 0 Å². The summed E-state index contributed by atoms with van der Waals surface area (Å²) in [6.45, 7) is 6.33. The molecule has 0 unspecified atom stereocenters. The van der Waals surface area contributed by atoms with E-state index in [0.717, 1.165) is 12.8 Å². The molecule has 0 aromatic carbocycles. The quantitative estimate of drug-likeness (QED) is 0.344.